The average molecular weight is 326 g/mol. The van der Waals surface area contributed by atoms with Crippen LogP contribution in [0.25, 0.3) is 0 Å². The lowest BCUT2D eigenvalue weighted by Gasteiger charge is -2.25. The Labute approximate surface area is 122 Å². The minimum Gasteiger partial charge on any atom is -0.459 e. The summed E-state index contributed by atoms with van der Waals surface area (Å²) in [5.74, 6) is 0.0425. The molecule has 0 amide bonds. The molecule has 104 valence electrons. The minimum absolute atomic E-state index is 0.155. The predicted octanol–water partition coefficient (Wildman–Crippen LogP) is 3.24. The summed E-state index contributed by atoms with van der Waals surface area (Å²) in [6.07, 6.45) is 0.964. The zero-order valence-electron chi connectivity index (χ0n) is 11.6. The third kappa shape index (κ3) is 3.80. The van der Waals surface area contributed by atoms with Crippen LogP contribution in [0.4, 0.5) is 0 Å². The molecule has 0 aliphatic carbocycles. The van der Waals surface area contributed by atoms with Crippen LogP contribution in [0.15, 0.2) is 28.7 Å². The van der Waals surface area contributed by atoms with Gasteiger partial charge in [0.2, 0.25) is 0 Å². The molecule has 0 bridgehead atoms. The van der Waals surface area contributed by atoms with Crippen molar-refractivity contribution in [2.24, 2.45) is 0 Å². The molecule has 1 aromatic carbocycles. The molecule has 0 radical (unpaired) electrons. The van der Waals surface area contributed by atoms with Gasteiger partial charge in [-0.2, -0.15) is 0 Å². The Balaban J connectivity index is 2.12. The predicted molar refractivity (Wildman–Crippen MR) is 79.1 cm³/mol. The van der Waals surface area contributed by atoms with E-state index in [0.717, 1.165) is 17.4 Å². The Bertz CT molecular complexity index is 450. The van der Waals surface area contributed by atoms with Gasteiger partial charge >= 0.3 is 5.97 Å². The number of benzene rings is 1. The molecule has 1 aromatic rings. The lowest BCUT2D eigenvalue weighted by Crippen LogP contribution is -2.40. The molecule has 2 atom stereocenters. The molecule has 1 aliphatic rings. The monoisotopic (exact) mass is 325 g/mol. The lowest BCUT2D eigenvalue weighted by atomic mass is 9.92. The topological polar surface area (TPSA) is 38.3 Å². The van der Waals surface area contributed by atoms with Crippen molar-refractivity contribution < 1.29 is 9.53 Å². The Hall–Kier alpha value is -0.870. The van der Waals surface area contributed by atoms with Crippen molar-refractivity contribution in [2.75, 3.05) is 6.54 Å². The molecule has 1 N–H and O–H groups in total. The van der Waals surface area contributed by atoms with E-state index in [-0.39, 0.29) is 17.9 Å². The van der Waals surface area contributed by atoms with Crippen molar-refractivity contribution in [1.82, 2.24) is 5.32 Å². The third-order valence-electron chi connectivity index (χ3n) is 3.18. The number of carbonyl (C=O) groups is 1. The molecule has 3 nitrogen and oxygen atoms in total. The zero-order valence-corrected chi connectivity index (χ0v) is 13.2. The summed E-state index contributed by atoms with van der Waals surface area (Å²) < 4.78 is 6.54. The summed E-state index contributed by atoms with van der Waals surface area (Å²) in [5, 5.41) is 3.26. The van der Waals surface area contributed by atoms with Crippen molar-refractivity contribution in [2.45, 2.75) is 44.8 Å². The second-order valence-electron chi connectivity index (χ2n) is 5.91. The smallest absolute Gasteiger partial charge is 0.324 e. The van der Waals surface area contributed by atoms with Crippen LogP contribution in [0.5, 0.6) is 0 Å². The Morgan fingerprint density at radius 2 is 1.95 bits per heavy atom. The number of halogens is 1. The standard InChI is InChI=1S/C15H20BrNO2/c1-15(2,3)19-14(18)13-12(8-9-17-13)10-4-6-11(16)7-5-10/h4-7,12-13,17H,8-9H2,1-3H3/t12-,13+/m0/s1. The van der Waals surface area contributed by atoms with E-state index in [2.05, 4.69) is 33.4 Å². The number of ether oxygens (including phenoxy) is 1. The van der Waals surface area contributed by atoms with Crippen molar-refractivity contribution in [3.63, 3.8) is 0 Å². The van der Waals surface area contributed by atoms with Crippen LogP contribution in [0, 0.1) is 0 Å². The van der Waals surface area contributed by atoms with Gasteiger partial charge in [-0.3, -0.25) is 4.79 Å². The number of rotatable bonds is 2. The fourth-order valence-electron chi connectivity index (χ4n) is 2.39. The molecule has 1 heterocycles. The van der Waals surface area contributed by atoms with Gasteiger partial charge in [-0.25, -0.2) is 0 Å². The molecule has 19 heavy (non-hydrogen) atoms. The van der Waals surface area contributed by atoms with Crippen LogP contribution >= 0.6 is 15.9 Å². The molecule has 0 spiro atoms. The van der Waals surface area contributed by atoms with Gasteiger partial charge < -0.3 is 10.1 Å². The minimum atomic E-state index is -0.439. The van der Waals surface area contributed by atoms with Gasteiger partial charge in [0.1, 0.15) is 11.6 Å². The molecular weight excluding hydrogens is 306 g/mol. The van der Waals surface area contributed by atoms with Crippen LogP contribution in [0.2, 0.25) is 0 Å². The van der Waals surface area contributed by atoms with Crippen LogP contribution in [-0.2, 0) is 9.53 Å². The Morgan fingerprint density at radius 1 is 1.32 bits per heavy atom. The van der Waals surface area contributed by atoms with Crippen molar-refractivity contribution in [3.8, 4) is 0 Å². The van der Waals surface area contributed by atoms with E-state index in [9.17, 15) is 4.79 Å². The first-order valence-electron chi connectivity index (χ1n) is 6.58. The van der Waals surface area contributed by atoms with Crippen LogP contribution in [0.3, 0.4) is 0 Å². The van der Waals surface area contributed by atoms with Gasteiger partial charge in [-0.15, -0.1) is 0 Å². The molecule has 1 fully saturated rings. The molecule has 0 unspecified atom stereocenters. The maximum atomic E-state index is 12.2. The maximum absolute atomic E-state index is 12.2. The first-order valence-corrected chi connectivity index (χ1v) is 7.38. The highest BCUT2D eigenvalue weighted by molar-refractivity contribution is 9.10. The van der Waals surface area contributed by atoms with E-state index in [0.29, 0.717) is 0 Å². The lowest BCUT2D eigenvalue weighted by molar-refractivity contribution is -0.157. The van der Waals surface area contributed by atoms with E-state index in [1.807, 2.05) is 32.9 Å². The first-order chi connectivity index (χ1) is 8.87. The van der Waals surface area contributed by atoms with E-state index < -0.39 is 5.60 Å². The van der Waals surface area contributed by atoms with Crippen molar-refractivity contribution in [3.05, 3.63) is 34.3 Å². The number of carbonyl (C=O) groups excluding carboxylic acids is 1. The SMILES string of the molecule is CC(C)(C)OC(=O)[C@@H]1NCC[C@H]1c1ccc(Br)cc1. The maximum Gasteiger partial charge on any atom is 0.324 e. The highest BCUT2D eigenvalue weighted by Gasteiger charge is 2.36. The summed E-state index contributed by atoms with van der Waals surface area (Å²) in [6, 6.07) is 7.93. The number of hydrogen-bond acceptors (Lipinski definition) is 3. The summed E-state index contributed by atoms with van der Waals surface area (Å²) >= 11 is 3.43. The van der Waals surface area contributed by atoms with Crippen molar-refractivity contribution >= 4 is 21.9 Å². The largest absolute Gasteiger partial charge is 0.459 e. The summed E-state index contributed by atoms with van der Waals surface area (Å²) in [5.41, 5.74) is 0.745. The van der Waals surface area contributed by atoms with Gasteiger partial charge in [0.05, 0.1) is 0 Å². The number of esters is 1. The van der Waals surface area contributed by atoms with Gasteiger partial charge in [0.25, 0.3) is 0 Å². The van der Waals surface area contributed by atoms with Crippen LogP contribution in [0.1, 0.15) is 38.7 Å². The fourth-order valence-corrected chi connectivity index (χ4v) is 2.65. The zero-order chi connectivity index (χ0) is 14.0. The number of hydrogen-bond donors (Lipinski definition) is 1. The molecular formula is C15H20BrNO2. The Kier molecular flexibility index (Phi) is 4.31. The molecule has 4 heteroatoms. The van der Waals surface area contributed by atoms with Crippen LogP contribution < -0.4 is 5.32 Å². The highest BCUT2D eigenvalue weighted by atomic mass is 79.9. The van der Waals surface area contributed by atoms with Gasteiger partial charge in [-0.1, -0.05) is 28.1 Å². The molecule has 2 rings (SSSR count). The van der Waals surface area contributed by atoms with Gasteiger partial charge in [-0.05, 0) is 51.4 Å². The summed E-state index contributed by atoms with van der Waals surface area (Å²) in [6.45, 7) is 6.54. The van der Waals surface area contributed by atoms with Crippen LogP contribution in [-0.4, -0.2) is 24.2 Å². The number of nitrogens with one attached hydrogen (secondary N) is 1. The van der Waals surface area contributed by atoms with E-state index in [1.165, 1.54) is 5.56 Å². The average Bonchev–Trinajstić information content (AvgIpc) is 2.76. The third-order valence-corrected chi connectivity index (χ3v) is 3.71. The highest BCUT2D eigenvalue weighted by Crippen LogP contribution is 2.30. The molecule has 1 aliphatic heterocycles. The normalized spacial score (nSPS) is 23.4. The molecule has 1 saturated heterocycles. The van der Waals surface area contributed by atoms with E-state index >= 15 is 0 Å². The van der Waals surface area contributed by atoms with Gasteiger partial charge in [0, 0.05) is 10.4 Å². The summed E-state index contributed by atoms with van der Waals surface area (Å²) in [4.78, 5) is 12.2. The molecule has 0 aromatic heterocycles. The Morgan fingerprint density at radius 3 is 2.53 bits per heavy atom. The quantitative estimate of drug-likeness (QED) is 0.848. The molecule has 0 saturated carbocycles. The van der Waals surface area contributed by atoms with Crippen molar-refractivity contribution in [1.29, 1.82) is 0 Å². The van der Waals surface area contributed by atoms with E-state index in [1.54, 1.807) is 0 Å². The summed E-state index contributed by atoms with van der Waals surface area (Å²) in [7, 11) is 0. The second-order valence-corrected chi connectivity index (χ2v) is 6.83. The fraction of sp³-hybridized carbons (Fsp3) is 0.533. The second kappa shape index (κ2) is 5.63. The van der Waals surface area contributed by atoms with Gasteiger partial charge in [0.15, 0.2) is 0 Å². The van der Waals surface area contributed by atoms with E-state index in [4.69, 9.17) is 4.74 Å². The first kappa shape index (κ1) is 14.5.